The van der Waals surface area contributed by atoms with Crippen molar-refractivity contribution in [2.24, 2.45) is 11.8 Å². The maximum Gasteiger partial charge on any atom is 0.303 e. The molecule has 0 aromatic heterocycles. The Morgan fingerprint density at radius 3 is 2.26 bits per heavy atom. The van der Waals surface area contributed by atoms with Crippen LogP contribution < -0.4 is 21.3 Å². The van der Waals surface area contributed by atoms with Gasteiger partial charge in [-0.25, -0.2) is 0 Å². The van der Waals surface area contributed by atoms with Crippen molar-refractivity contribution in [1.82, 2.24) is 26.2 Å². The van der Waals surface area contributed by atoms with Gasteiger partial charge in [0.15, 0.2) is 0 Å². The zero-order chi connectivity index (χ0) is 26.3. The summed E-state index contributed by atoms with van der Waals surface area (Å²) < 4.78 is 0. The minimum Gasteiger partial charge on any atom is -0.481 e. The summed E-state index contributed by atoms with van der Waals surface area (Å²) in [6.45, 7) is 7.09. The topological polar surface area (TPSA) is 174 Å². The molecule has 5 atom stereocenters. The van der Waals surface area contributed by atoms with E-state index in [2.05, 4.69) is 21.3 Å². The molecule has 0 bridgehead atoms. The Morgan fingerprint density at radius 2 is 1.66 bits per heavy atom. The maximum absolute atomic E-state index is 13.5. The van der Waals surface area contributed by atoms with Gasteiger partial charge in [0.05, 0.1) is 6.54 Å². The van der Waals surface area contributed by atoms with Gasteiger partial charge in [0, 0.05) is 13.0 Å². The molecule has 0 aromatic rings. The Bertz CT molecular complexity index is 846. The lowest BCUT2D eigenvalue weighted by Crippen LogP contribution is -2.60. The molecule has 0 saturated carbocycles. The van der Waals surface area contributed by atoms with E-state index < -0.39 is 60.3 Å². The summed E-state index contributed by atoms with van der Waals surface area (Å²) in [5.41, 5.74) is 0. The quantitative estimate of drug-likeness (QED) is 0.318. The second kappa shape index (κ2) is 12.5. The van der Waals surface area contributed by atoms with Crippen LogP contribution in [0, 0.1) is 11.8 Å². The van der Waals surface area contributed by atoms with Crippen LogP contribution in [0.2, 0.25) is 0 Å². The fraction of sp³-hybridized carbons (Fsp3) is 0.739. The van der Waals surface area contributed by atoms with Crippen molar-refractivity contribution in [3.8, 4) is 0 Å². The van der Waals surface area contributed by atoms with Gasteiger partial charge in [0.1, 0.15) is 24.2 Å². The number of fused-ring (bicyclic) bond motifs is 1. The van der Waals surface area contributed by atoms with Gasteiger partial charge in [0.2, 0.25) is 29.5 Å². The number of amides is 5. The van der Waals surface area contributed by atoms with Gasteiger partial charge in [0.25, 0.3) is 0 Å². The second-order valence-electron chi connectivity index (χ2n) is 9.56. The molecule has 2 fully saturated rings. The lowest BCUT2D eigenvalue weighted by molar-refractivity contribution is -0.143. The SMILES string of the molecule is CC[C@H](C)[C@@H]1NC(=O)[C@H](C(C)C)NC(=O)[C@H](CCC(=O)O)NC(=O)CNC(=O)[C@@H]2CCCN2C1=O. The second-order valence-corrected chi connectivity index (χ2v) is 9.56. The van der Waals surface area contributed by atoms with E-state index in [1.165, 1.54) is 4.90 Å². The molecule has 12 heteroatoms. The summed E-state index contributed by atoms with van der Waals surface area (Å²) in [5.74, 6) is -4.59. The first kappa shape index (κ1) is 28.1. The molecule has 2 aliphatic rings. The fourth-order valence-corrected chi connectivity index (χ4v) is 4.26. The number of nitrogens with zero attached hydrogens (tertiary/aromatic N) is 1. The molecule has 2 saturated heterocycles. The van der Waals surface area contributed by atoms with E-state index >= 15 is 0 Å². The lowest BCUT2D eigenvalue weighted by atomic mass is 9.95. The summed E-state index contributed by atoms with van der Waals surface area (Å²) in [6, 6.07) is -3.91. The predicted octanol–water partition coefficient (Wildman–Crippen LogP) is -0.871. The molecule has 0 aliphatic carbocycles. The number of nitrogens with one attached hydrogen (secondary N) is 4. The molecule has 12 nitrogen and oxygen atoms in total. The number of hydrogen-bond acceptors (Lipinski definition) is 6. The third-order valence-electron chi connectivity index (χ3n) is 6.58. The van der Waals surface area contributed by atoms with Crippen LogP contribution >= 0.6 is 0 Å². The molecule has 0 unspecified atom stereocenters. The minimum absolute atomic E-state index is 0.197. The van der Waals surface area contributed by atoms with Gasteiger partial charge < -0.3 is 31.3 Å². The van der Waals surface area contributed by atoms with Gasteiger partial charge >= 0.3 is 5.97 Å². The number of carboxylic acids is 1. The van der Waals surface area contributed by atoms with E-state index in [9.17, 15) is 28.8 Å². The summed E-state index contributed by atoms with van der Waals surface area (Å²) >= 11 is 0. The van der Waals surface area contributed by atoms with E-state index in [-0.39, 0.29) is 30.6 Å². The van der Waals surface area contributed by atoms with Gasteiger partial charge in [-0.15, -0.1) is 0 Å². The Kier molecular flexibility index (Phi) is 10.0. The third kappa shape index (κ3) is 7.40. The zero-order valence-electron chi connectivity index (χ0n) is 20.8. The van der Waals surface area contributed by atoms with E-state index in [0.717, 1.165) is 0 Å². The summed E-state index contributed by atoms with van der Waals surface area (Å²) in [6.07, 6.45) is 1.05. The molecule has 5 amide bonds. The highest BCUT2D eigenvalue weighted by molar-refractivity contribution is 5.97. The first-order valence-electron chi connectivity index (χ1n) is 12.2. The number of carbonyl (C=O) groups is 6. The predicted molar refractivity (Wildman–Crippen MR) is 125 cm³/mol. The van der Waals surface area contributed by atoms with Crippen LogP contribution in [0.5, 0.6) is 0 Å². The van der Waals surface area contributed by atoms with E-state index in [4.69, 9.17) is 5.11 Å². The average Bonchev–Trinajstić information content (AvgIpc) is 3.30. The Morgan fingerprint density at radius 1 is 1.00 bits per heavy atom. The smallest absolute Gasteiger partial charge is 0.303 e. The van der Waals surface area contributed by atoms with E-state index in [1.807, 2.05) is 13.8 Å². The van der Waals surface area contributed by atoms with Gasteiger partial charge in [-0.05, 0) is 31.1 Å². The third-order valence-corrected chi connectivity index (χ3v) is 6.58. The van der Waals surface area contributed by atoms with E-state index in [0.29, 0.717) is 25.8 Å². The molecule has 0 spiro atoms. The maximum atomic E-state index is 13.5. The highest BCUT2D eigenvalue weighted by Gasteiger charge is 2.40. The molecule has 0 aromatic carbocycles. The number of carboxylic acid groups (broad SMARTS) is 1. The first-order valence-corrected chi connectivity index (χ1v) is 12.2. The summed E-state index contributed by atoms with van der Waals surface area (Å²) in [7, 11) is 0. The number of aliphatic carboxylic acids is 1. The molecule has 5 N–H and O–H groups in total. The fourth-order valence-electron chi connectivity index (χ4n) is 4.26. The number of hydrogen-bond donors (Lipinski definition) is 5. The largest absolute Gasteiger partial charge is 0.481 e. The molecular weight excluding hydrogens is 458 g/mol. The van der Waals surface area contributed by atoms with Crippen molar-refractivity contribution in [2.45, 2.75) is 84.0 Å². The molecule has 196 valence electrons. The highest BCUT2D eigenvalue weighted by Crippen LogP contribution is 2.22. The van der Waals surface area contributed by atoms with Crippen LogP contribution in [0.25, 0.3) is 0 Å². The van der Waals surface area contributed by atoms with Crippen LogP contribution in [0.4, 0.5) is 0 Å². The van der Waals surface area contributed by atoms with Crippen LogP contribution in [0.3, 0.4) is 0 Å². The van der Waals surface area contributed by atoms with Crippen molar-refractivity contribution in [1.29, 1.82) is 0 Å². The standard InChI is InChI=1S/C23H37N5O7/c1-5-13(4)19-23(35)28-10-6-7-15(28)21(33)24-11-16(29)25-14(8-9-17(30)31)20(32)26-18(12(2)3)22(34)27-19/h12-15,18-19H,5-11H2,1-4H3,(H,24,33)(H,25,29)(H,26,32)(H,27,34)(H,30,31)/t13-,14-,15-,18-,19-/m0/s1. The number of rotatable bonds is 6. The monoisotopic (exact) mass is 495 g/mol. The lowest BCUT2D eigenvalue weighted by Gasteiger charge is -2.32. The van der Waals surface area contributed by atoms with Gasteiger partial charge in [-0.3, -0.25) is 28.8 Å². The first-order chi connectivity index (χ1) is 16.5. The molecule has 2 heterocycles. The molecule has 2 rings (SSSR count). The van der Waals surface area contributed by atoms with Crippen molar-refractivity contribution in [3.05, 3.63) is 0 Å². The summed E-state index contributed by atoms with van der Waals surface area (Å²) in [5, 5.41) is 19.4. The highest BCUT2D eigenvalue weighted by atomic mass is 16.4. The van der Waals surface area contributed by atoms with Gasteiger partial charge in [-0.1, -0.05) is 34.1 Å². The van der Waals surface area contributed by atoms with Crippen LogP contribution in [-0.2, 0) is 28.8 Å². The van der Waals surface area contributed by atoms with Crippen molar-refractivity contribution in [3.63, 3.8) is 0 Å². The van der Waals surface area contributed by atoms with Crippen molar-refractivity contribution < 1.29 is 33.9 Å². The minimum atomic E-state index is -1.22. The molecule has 2 aliphatic heterocycles. The van der Waals surface area contributed by atoms with Crippen molar-refractivity contribution in [2.75, 3.05) is 13.1 Å². The molecular formula is C23H37N5O7. The van der Waals surface area contributed by atoms with Gasteiger partial charge in [-0.2, -0.15) is 0 Å². The Labute approximate surface area is 204 Å². The molecule has 35 heavy (non-hydrogen) atoms. The van der Waals surface area contributed by atoms with E-state index in [1.54, 1.807) is 13.8 Å². The average molecular weight is 496 g/mol. The van der Waals surface area contributed by atoms with Crippen molar-refractivity contribution >= 4 is 35.5 Å². The number of carbonyl (C=O) groups excluding carboxylic acids is 5. The normalized spacial score (nSPS) is 27.7. The summed E-state index contributed by atoms with van der Waals surface area (Å²) in [4.78, 5) is 77.5. The zero-order valence-corrected chi connectivity index (χ0v) is 20.8. The molecule has 0 radical (unpaired) electrons. The Balaban J connectivity index is 2.43. The van der Waals surface area contributed by atoms with Crippen LogP contribution in [0.15, 0.2) is 0 Å². The van der Waals surface area contributed by atoms with Crippen LogP contribution in [-0.4, -0.2) is 82.8 Å². The van der Waals surface area contributed by atoms with Crippen LogP contribution in [0.1, 0.15) is 59.8 Å². The Hall–Kier alpha value is -3.18.